The van der Waals surface area contributed by atoms with Gasteiger partial charge in [0, 0.05) is 0 Å². The van der Waals surface area contributed by atoms with Gasteiger partial charge in [0.05, 0.1) is 0 Å². The fourth-order valence-electron chi connectivity index (χ4n) is 2.04. The fraction of sp³-hybridized carbons (Fsp3) is 1.00. The second-order valence-electron chi connectivity index (χ2n) is 5.33. The lowest BCUT2D eigenvalue weighted by atomic mass is 9.89. The van der Waals surface area contributed by atoms with Crippen LogP contribution in [-0.2, 0) is 0 Å². The van der Waals surface area contributed by atoms with Crippen molar-refractivity contribution in [3.8, 4) is 0 Å². The van der Waals surface area contributed by atoms with Gasteiger partial charge in [-0.05, 0) is 36.3 Å². The summed E-state index contributed by atoms with van der Waals surface area (Å²) in [6, 6.07) is 0. The molecule has 14 heavy (non-hydrogen) atoms. The van der Waals surface area contributed by atoms with Crippen LogP contribution in [0, 0.1) is 17.8 Å². The van der Waals surface area contributed by atoms with Crippen molar-refractivity contribution >= 4 is 12.6 Å². The lowest BCUT2D eigenvalue weighted by molar-refractivity contribution is 0.357. The van der Waals surface area contributed by atoms with Crippen LogP contribution in [-0.4, -0.2) is 5.75 Å². The second-order valence-corrected chi connectivity index (χ2v) is 5.78. The zero-order valence-electron chi connectivity index (χ0n) is 10.4. The zero-order valence-corrected chi connectivity index (χ0v) is 11.3. The topological polar surface area (TPSA) is 0 Å². The van der Waals surface area contributed by atoms with E-state index < -0.39 is 0 Å². The summed E-state index contributed by atoms with van der Waals surface area (Å²) in [5.41, 5.74) is 0. The van der Waals surface area contributed by atoms with Gasteiger partial charge in [0.2, 0.25) is 0 Å². The van der Waals surface area contributed by atoms with Crippen molar-refractivity contribution < 1.29 is 0 Å². The van der Waals surface area contributed by atoms with Crippen molar-refractivity contribution in [1.82, 2.24) is 0 Å². The molecular formula is C13H28S. The monoisotopic (exact) mass is 216 g/mol. The van der Waals surface area contributed by atoms with E-state index in [2.05, 4.69) is 40.3 Å². The molecule has 0 amide bonds. The van der Waals surface area contributed by atoms with Crippen LogP contribution in [0.3, 0.4) is 0 Å². The van der Waals surface area contributed by atoms with Gasteiger partial charge in [0.25, 0.3) is 0 Å². The Bertz CT molecular complexity index is 118. The molecule has 0 aliphatic rings. The van der Waals surface area contributed by atoms with Gasteiger partial charge < -0.3 is 0 Å². The molecule has 0 N–H and O–H groups in total. The quantitative estimate of drug-likeness (QED) is 0.554. The van der Waals surface area contributed by atoms with E-state index in [-0.39, 0.29) is 0 Å². The van der Waals surface area contributed by atoms with Crippen molar-refractivity contribution in [2.24, 2.45) is 17.8 Å². The normalized spacial score (nSPS) is 13.9. The molecule has 0 aliphatic carbocycles. The molecule has 1 atom stereocenters. The Balaban J connectivity index is 3.61. The minimum Gasteiger partial charge on any atom is -0.179 e. The molecule has 0 saturated carbocycles. The summed E-state index contributed by atoms with van der Waals surface area (Å²) < 4.78 is 0. The number of hydrogen-bond donors (Lipinski definition) is 1. The largest absolute Gasteiger partial charge is 0.179 e. The maximum absolute atomic E-state index is 4.35. The molecule has 0 radical (unpaired) electrons. The molecule has 0 bridgehead atoms. The van der Waals surface area contributed by atoms with Crippen molar-refractivity contribution in [3.05, 3.63) is 0 Å². The first-order valence-corrected chi connectivity index (χ1v) is 6.80. The van der Waals surface area contributed by atoms with Gasteiger partial charge in [-0.2, -0.15) is 12.6 Å². The van der Waals surface area contributed by atoms with Gasteiger partial charge in [0.1, 0.15) is 0 Å². The van der Waals surface area contributed by atoms with Crippen molar-refractivity contribution in [3.63, 3.8) is 0 Å². The maximum atomic E-state index is 4.35. The molecule has 1 unspecified atom stereocenters. The molecule has 0 nitrogen and oxygen atoms in total. The smallest absolute Gasteiger partial charge is 0.00953 e. The molecule has 1 heteroatoms. The molecule has 0 rings (SSSR count). The van der Waals surface area contributed by atoms with E-state index in [4.69, 9.17) is 0 Å². The third-order valence-corrected chi connectivity index (χ3v) is 2.99. The van der Waals surface area contributed by atoms with E-state index in [1.165, 1.54) is 32.1 Å². The van der Waals surface area contributed by atoms with E-state index >= 15 is 0 Å². The van der Waals surface area contributed by atoms with Gasteiger partial charge >= 0.3 is 0 Å². The highest BCUT2D eigenvalue weighted by molar-refractivity contribution is 7.80. The standard InChI is InChI=1S/C13H28S/c1-11(2)6-5-7-13(8-9-14)10-12(3)4/h11-14H,5-10H2,1-4H3. The van der Waals surface area contributed by atoms with Crippen LogP contribution in [0.1, 0.15) is 59.8 Å². The third kappa shape index (κ3) is 8.93. The molecule has 0 aromatic carbocycles. The molecule has 86 valence electrons. The van der Waals surface area contributed by atoms with Crippen LogP contribution in [0.5, 0.6) is 0 Å². The van der Waals surface area contributed by atoms with Crippen molar-refractivity contribution in [2.75, 3.05) is 5.75 Å². The number of rotatable bonds is 8. The van der Waals surface area contributed by atoms with Crippen LogP contribution in [0.2, 0.25) is 0 Å². The molecule has 0 aromatic heterocycles. The van der Waals surface area contributed by atoms with Crippen LogP contribution in [0.4, 0.5) is 0 Å². The van der Waals surface area contributed by atoms with Crippen LogP contribution in [0.15, 0.2) is 0 Å². The highest BCUT2D eigenvalue weighted by Crippen LogP contribution is 2.23. The van der Waals surface area contributed by atoms with Gasteiger partial charge in [0.15, 0.2) is 0 Å². The minimum atomic E-state index is 0.846. The molecule has 0 aromatic rings. The summed E-state index contributed by atoms with van der Waals surface area (Å²) >= 11 is 4.35. The average Bonchev–Trinajstić information content (AvgIpc) is 2.02. The highest BCUT2D eigenvalue weighted by Gasteiger charge is 2.10. The predicted octanol–water partition coefficient (Wildman–Crippen LogP) is 4.79. The molecule has 0 aliphatic heterocycles. The Labute approximate surface area is 96.3 Å². The zero-order chi connectivity index (χ0) is 11.0. The fourth-order valence-corrected chi connectivity index (χ4v) is 2.41. The highest BCUT2D eigenvalue weighted by atomic mass is 32.1. The van der Waals surface area contributed by atoms with E-state index in [1.807, 2.05) is 0 Å². The SMILES string of the molecule is CC(C)CCCC(CCS)CC(C)C. The molecular weight excluding hydrogens is 188 g/mol. The number of thiol groups is 1. The van der Waals surface area contributed by atoms with Crippen LogP contribution < -0.4 is 0 Å². The number of hydrogen-bond acceptors (Lipinski definition) is 1. The average molecular weight is 216 g/mol. The first-order valence-electron chi connectivity index (χ1n) is 6.17. The van der Waals surface area contributed by atoms with Gasteiger partial charge in [-0.15, -0.1) is 0 Å². The van der Waals surface area contributed by atoms with Crippen molar-refractivity contribution in [1.29, 1.82) is 0 Å². The van der Waals surface area contributed by atoms with E-state index in [0.29, 0.717) is 0 Å². The molecule has 0 fully saturated rings. The van der Waals surface area contributed by atoms with E-state index in [0.717, 1.165) is 23.5 Å². The van der Waals surface area contributed by atoms with Crippen molar-refractivity contribution in [2.45, 2.75) is 59.8 Å². The lowest BCUT2D eigenvalue weighted by Gasteiger charge is -2.18. The lowest BCUT2D eigenvalue weighted by Crippen LogP contribution is -2.06. The first-order chi connectivity index (χ1) is 6.56. The van der Waals surface area contributed by atoms with Gasteiger partial charge in [-0.1, -0.05) is 47.0 Å². The predicted molar refractivity (Wildman–Crippen MR) is 70.1 cm³/mol. The van der Waals surface area contributed by atoms with Crippen LogP contribution in [0.25, 0.3) is 0 Å². The summed E-state index contributed by atoms with van der Waals surface area (Å²) in [6.07, 6.45) is 6.90. The Hall–Kier alpha value is 0.350. The molecule has 0 saturated heterocycles. The Morgan fingerprint density at radius 2 is 1.50 bits per heavy atom. The summed E-state index contributed by atoms with van der Waals surface area (Å²) in [6.45, 7) is 9.29. The first kappa shape index (κ1) is 14.3. The van der Waals surface area contributed by atoms with Crippen LogP contribution >= 0.6 is 12.6 Å². The molecule has 0 spiro atoms. The Kier molecular flexibility index (Phi) is 8.86. The summed E-state index contributed by atoms with van der Waals surface area (Å²) in [5, 5.41) is 0. The summed E-state index contributed by atoms with van der Waals surface area (Å²) in [4.78, 5) is 0. The van der Waals surface area contributed by atoms with E-state index in [1.54, 1.807) is 0 Å². The van der Waals surface area contributed by atoms with Gasteiger partial charge in [-0.3, -0.25) is 0 Å². The summed E-state index contributed by atoms with van der Waals surface area (Å²) in [5.74, 6) is 3.69. The minimum absolute atomic E-state index is 0.846. The summed E-state index contributed by atoms with van der Waals surface area (Å²) in [7, 11) is 0. The third-order valence-electron chi connectivity index (χ3n) is 2.74. The second kappa shape index (κ2) is 8.64. The van der Waals surface area contributed by atoms with E-state index in [9.17, 15) is 0 Å². The molecule has 0 heterocycles. The Morgan fingerprint density at radius 3 is 1.93 bits per heavy atom. The Morgan fingerprint density at radius 1 is 0.857 bits per heavy atom. The maximum Gasteiger partial charge on any atom is -0.00953 e. The van der Waals surface area contributed by atoms with Gasteiger partial charge in [-0.25, -0.2) is 0 Å².